The Labute approximate surface area is 148 Å². The highest BCUT2D eigenvalue weighted by atomic mass is 16.5. The summed E-state index contributed by atoms with van der Waals surface area (Å²) in [6, 6.07) is 6.39. The van der Waals surface area contributed by atoms with Crippen LogP contribution in [-0.4, -0.2) is 53.7 Å². The zero-order chi connectivity index (χ0) is 17.7. The van der Waals surface area contributed by atoms with E-state index in [-0.39, 0.29) is 17.0 Å². The minimum absolute atomic E-state index is 0.120. The van der Waals surface area contributed by atoms with E-state index < -0.39 is 5.97 Å². The number of rotatable bonds is 7. The Bertz CT molecular complexity index is 620. The molecule has 0 radical (unpaired) electrons. The van der Waals surface area contributed by atoms with Gasteiger partial charge in [-0.3, -0.25) is 9.69 Å². The Morgan fingerprint density at radius 1 is 1.16 bits per heavy atom. The van der Waals surface area contributed by atoms with E-state index in [1.165, 1.54) is 25.0 Å². The van der Waals surface area contributed by atoms with Gasteiger partial charge in [-0.15, -0.1) is 0 Å². The third kappa shape index (κ3) is 3.95. The molecule has 0 atom stereocenters. The van der Waals surface area contributed by atoms with E-state index in [0.717, 1.165) is 38.8 Å². The minimum Gasteiger partial charge on any atom is -0.492 e. The fourth-order valence-corrected chi connectivity index (χ4v) is 4.01. The molecule has 3 rings (SSSR count). The van der Waals surface area contributed by atoms with Crippen LogP contribution in [0.25, 0.3) is 0 Å². The van der Waals surface area contributed by atoms with E-state index in [1.54, 1.807) is 12.1 Å². The second-order valence-corrected chi connectivity index (χ2v) is 6.87. The van der Waals surface area contributed by atoms with Crippen LogP contribution in [0.2, 0.25) is 0 Å². The normalized spacial score (nSPS) is 19.7. The van der Waals surface area contributed by atoms with Gasteiger partial charge >= 0.3 is 5.97 Å². The predicted octanol–water partition coefficient (Wildman–Crippen LogP) is 2.29. The number of ether oxygens (including phenoxy) is 1. The predicted molar refractivity (Wildman–Crippen MR) is 93.9 cm³/mol. The fraction of sp³-hybridized carbons (Fsp3) is 0.579. The highest BCUT2D eigenvalue weighted by Gasteiger charge is 2.46. The molecule has 2 N–H and O–H groups in total. The summed E-state index contributed by atoms with van der Waals surface area (Å²) in [5.74, 6) is -0.355. The van der Waals surface area contributed by atoms with Crippen LogP contribution in [0.15, 0.2) is 24.3 Å². The van der Waals surface area contributed by atoms with Crippen molar-refractivity contribution >= 4 is 11.9 Å². The summed E-state index contributed by atoms with van der Waals surface area (Å²) >= 11 is 0. The van der Waals surface area contributed by atoms with Gasteiger partial charge in [0.2, 0.25) is 5.91 Å². The summed E-state index contributed by atoms with van der Waals surface area (Å²) in [4.78, 5) is 26.2. The number of benzene rings is 1. The second-order valence-electron chi connectivity index (χ2n) is 6.87. The molecule has 1 saturated heterocycles. The lowest BCUT2D eigenvalue weighted by molar-refractivity contribution is -0.133. The van der Waals surface area contributed by atoms with Gasteiger partial charge in [0.15, 0.2) is 0 Å². The molecule has 1 saturated carbocycles. The SMILES string of the molecule is O=C(O)c1cccc(OCCNC(=O)C2(N3CCCC3)CCCC2)c1. The molecule has 1 amide bonds. The third-order valence-electron chi connectivity index (χ3n) is 5.30. The summed E-state index contributed by atoms with van der Waals surface area (Å²) in [6.07, 6.45) is 6.47. The van der Waals surface area contributed by atoms with Crippen LogP contribution in [0.4, 0.5) is 0 Å². The Morgan fingerprint density at radius 2 is 1.88 bits per heavy atom. The molecular weight excluding hydrogens is 320 g/mol. The van der Waals surface area contributed by atoms with E-state index in [4.69, 9.17) is 9.84 Å². The first kappa shape index (κ1) is 17.7. The number of nitrogens with zero attached hydrogens (tertiary/aromatic N) is 1. The molecule has 0 spiro atoms. The van der Waals surface area contributed by atoms with Gasteiger partial charge < -0.3 is 15.2 Å². The van der Waals surface area contributed by atoms with Crippen LogP contribution < -0.4 is 10.1 Å². The molecule has 0 unspecified atom stereocenters. The first-order valence-electron chi connectivity index (χ1n) is 9.11. The van der Waals surface area contributed by atoms with Gasteiger partial charge in [-0.25, -0.2) is 4.79 Å². The van der Waals surface area contributed by atoms with Gasteiger partial charge in [-0.05, 0) is 57.0 Å². The van der Waals surface area contributed by atoms with Crippen LogP contribution in [0.5, 0.6) is 5.75 Å². The number of hydrogen-bond acceptors (Lipinski definition) is 4. The van der Waals surface area contributed by atoms with Crippen molar-refractivity contribution < 1.29 is 19.4 Å². The molecule has 1 aliphatic carbocycles. The number of hydrogen-bond donors (Lipinski definition) is 2. The number of carboxylic acid groups (broad SMARTS) is 1. The van der Waals surface area contributed by atoms with E-state index in [1.807, 2.05) is 0 Å². The average molecular weight is 346 g/mol. The van der Waals surface area contributed by atoms with E-state index in [2.05, 4.69) is 10.2 Å². The molecule has 6 nitrogen and oxygen atoms in total. The Balaban J connectivity index is 1.50. The van der Waals surface area contributed by atoms with Crippen molar-refractivity contribution in [3.05, 3.63) is 29.8 Å². The van der Waals surface area contributed by atoms with Crippen LogP contribution in [0, 0.1) is 0 Å². The zero-order valence-corrected chi connectivity index (χ0v) is 14.5. The van der Waals surface area contributed by atoms with Gasteiger partial charge in [0.1, 0.15) is 17.9 Å². The van der Waals surface area contributed by atoms with E-state index in [9.17, 15) is 9.59 Å². The molecule has 0 bridgehead atoms. The maximum absolute atomic E-state index is 12.8. The van der Waals surface area contributed by atoms with Crippen LogP contribution in [0.3, 0.4) is 0 Å². The highest BCUT2D eigenvalue weighted by molar-refractivity contribution is 5.88. The van der Waals surface area contributed by atoms with Gasteiger partial charge in [0.05, 0.1) is 12.1 Å². The number of amides is 1. The average Bonchev–Trinajstić information content (AvgIpc) is 3.30. The van der Waals surface area contributed by atoms with Crippen molar-refractivity contribution in [1.29, 1.82) is 0 Å². The first-order valence-corrected chi connectivity index (χ1v) is 9.11. The molecule has 2 fully saturated rings. The summed E-state index contributed by atoms with van der Waals surface area (Å²) in [7, 11) is 0. The number of aromatic carboxylic acids is 1. The second kappa shape index (κ2) is 7.87. The molecule has 2 aliphatic rings. The molecule has 0 aromatic heterocycles. The van der Waals surface area contributed by atoms with Crippen molar-refractivity contribution in [1.82, 2.24) is 10.2 Å². The molecule has 1 aromatic rings. The standard InChI is InChI=1S/C19H26N2O4/c22-17(23)15-6-5-7-16(14-15)25-13-10-20-18(24)19(8-1-2-9-19)21-11-3-4-12-21/h5-7,14H,1-4,8-13H2,(H,20,24)(H,22,23). The topological polar surface area (TPSA) is 78.9 Å². The lowest BCUT2D eigenvalue weighted by Gasteiger charge is -2.37. The number of carbonyl (C=O) groups is 2. The Morgan fingerprint density at radius 3 is 2.56 bits per heavy atom. The number of likely N-dealkylation sites (tertiary alicyclic amines) is 1. The quantitative estimate of drug-likeness (QED) is 0.741. The number of carbonyl (C=O) groups excluding carboxylic acids is 1. The highest BCUT2D eigenvalue weighted by Crippen LogP contribution is 2.37. The van der Waals surface area contributed by atoms with Crippen molar-refractivity contribution in [2.45, 2.75) is 44.1 Å². The van der Waals surface area contributed by atoms with E-state index >= 15 is 0 Å². The minimum atomic E-state index is -0.979. The summed E-state index contributed by atoms with van der Waals surface area (Å²) in [5.41, 5.74) is -0.125. The van der Waals surface area contributed by atoms with Crippen LogP contribution in [-0.2, 0) is 4.79 Å². The van der Waals surface area contributed by atoms with Gasteiger partial charge in [-0.1, -0.05) is 18.9 Å². The van der Waals surface area contributed by atoms with Crippen LogP contribution >= 0.6 is 0 Å². The summed E-state index contributed by atoms with van der Waals surface area (Å²) in [6.45, 7) is 2.79. The molecule has 1 aliphatic heterocycles. The smallest absolute Gasteiger partial charge is 0.335 e. The third-order valence-corrected chi connectivity index (χ3v) is 5.30. The maximum Gasteiger partial charge on any atom is 0.335 e. The first-order chi connectivity index (χ1) is 12.1. The number of nitrogens with one attached hydrogen (secondary N) is 1. The molecule has 1 heterocycles. The van der Waals surface area contributed by atoms with Crippen molar-refractivity contribution in [2.75, 3.05) is 26.2 Å². The van der Waals surface area contributed by atoms with Crippen molar-refractivity contribution in [3.63, 3.8) is 0 Å². The summed E-state index contributed by atoms with van der Waals surface area (Å²) in [5, 5.41) is 12.0. The summed E-state index contributed by atoms with van der Waals surface area (Å²) < 4.78 is 5.58. The fourth-order valence-electron chi connectivity index (χ4n) is 4.01. The molecule has 136 valence electrons. The Kier molecular flexibility index (Phi) is 5.58. The molecule has 25 heavy (non-hydrogen) atoms. The number of carboxylic acids is 1. The lowest BCUT2D eigenvalue weighted by Crippen LogP contribution is -2.56. The van der Waals surface area contributed by atoms with Crippen molar-refractivity contribution in [2.24, 2.45) is 0 Å². The van der Waals surface area contributed by atoms with Crippen LogP contribution in [0.1, 0.15) is 48.9 Å². The monoisotopic (exact) mass is 346 g/mol. The van der Waals surface area contributed by atoms with Gasteiger partial charge in [0.25, 0.3) is 0 Å². The molecular formula is C19H26N2O4. The van der Waals surface area contributed by atoms with E-state index in [0.29, 0.717) is 18.9 Å². The zero-order valence-electron chi connectivity index (χ0n) is 14.5. The lowest BCUT2D eigenvalue weighted by atomic mass is 9.94. The van der Waals surface area contributed by atoms with Gasteiger partial charge in [0, 0.05) is 0 Å². The maximum atomic E-state index is 12.8. The Hall–Kier alpha value is -2.08. The van der Waals surface area contributed by atoms with Crippen molar-refractivity contribution in [3.8, 4) is 5.75 Å². The van der Waals surface area contributed by atoms with Gasteiger partial charge in [-0.2, -0.15) is 0 Å². The molecule has 6 heteroatoms. The largest absolute Gasteiger partial charge is 0.492 e. The molecule has 1 aromatic carbocycles.